The van der Waals surface area contributed by atoms with Crippen molar-refractivity contribution in [3.63, 3.8) is 0 Å². The van der Waals surface area contributed by atoms with Crippen LogP contribution >= 0.6 is 34.7 Å². The second-order valence-electron chi connectivity index (χ2n) is 7.70. The van der Waals surface area contributed by atoms with E-state index in [1.165, 1.54) is 29.5 Å². The highest BCUT2D eigenvalue weighted by Crippen LogP contribution is 2.29. The third kappa shape index (κ3) is 5.27. The topological polar surface area (TPSA) is 80.1 Å². The molecule has 1 aromatic carbocycles. The van der Waals surface area contributed by atoms with Gasteiger partial charge in [-0.05, 0) is 37.3 Å². The van der Waals surface area contributed by atoms with E-state index in [4.69, 9.17) is 11.6 Å². The Morgan fingerprint density at radius 3 is 2.75 bits per heavy atom. The van der Waals surface area contributed by atoms with Crippen molar-refractivity contribution in [3.8, 4) is 0 Å². The summed E-state index contributed by atoms with van der Waals surface area (Å²) in [5.74, 6) is 0.0227. The summed E-state index contributed by atoms with van der Waals surface area (Å²) in [6.07, 6.45) is 4.33. The van der Waals surface area contributed by atoms with Crippen molar-refractivity contribution in [1.29, 1.82) is 0 Å². The first kappa shape index (κ1) is 23.1. The van der Waals surface area contributed by atoms with Crippen LogP contribution in [0, 0.1) is 0 Å². The number of nitrogens with zero attached hydrogens (tertiary/aromatic N) is 4. The van der Waals surface area contributed by atoms with Crippen LogP contribution in [-0.4, -0.2) is 39.3 Å². The van der Waals surface area contributed by atoms with E-state index >= 15 is 0 Å². The maximum absolute atomic E-state index is 13.2. The quantitative estimate of drug-likeness (QED) is 0.373. The summed E-state index contributed by atoms with van der Waals surface area (Å²) in [5.41, 5.74) is 1.27. The molecule has 1 amide bonds. The van der Waals surface area contributed by atoms with Gasteiger partial charge in [0, 0.05) is 31.2 Å². The average molecular weight is 492 g/mol. The zero-order valence-electron chi connectivity index (χ0n) is 18.0. The van der Waals surface area contributed by atoms with Crippen LogP contribution in [-0.2, 0) is 17.9 Å². The van der Waals surface area contributed by atoms with E-state index in [9.17, 15) is 9.59 Å². The van der Waals surface area contributed by atoms with Gasteiger partial charge in [0.05, 0.1) is 5.75 Å². The summed E-state index contributed by atoms with van der Waals surface area (Å²) in [4.78, 5) is 37.2. The molecule has 1 N–H and O–H groups in total. The van der Waals surface area contributed by atoms with Crippen LogP contribution in [0.2, 0.25) is 5.02 Å². The number of thiazole rings is 1. The number of nitrogens with one attached hydrogen (secondary N) is 1. The average Bonchev–Trinajstić information content (AvgIpc) is 3.24. The molecule has 3 aromatic rings. The fourth-order valence-electron chi connectivity index (χ4n) is 3.64. The number of rotatable bonds is 8. The number of amides is 1. The molecule has 0 atom stereocenters. The van der Waals surface area contributed by atoms with Crippen molar-refractivity contribution in [2.45, 2.75) is 50.9 Å². The van der Waals surface area contributed by atoms with E-state index < -0.39 is 0 Å². The molecule has 0 unspecified atom stereocenters. The van der Waals surface area contributed by atoms with E-state index in [2.05, 4.69) is 20.2 Å². The van der Waals surface area contributed by atoms with Crippen molar-refractivity contribution in [2.75, 3.05) is 23.7 Å². The Morgan fingerprint density at radius 2 is 2.00 bits per heavy atom. The predicted molar refractivity (Wildman–Crippen MR) is 132 cm³/mol. The second kappa shape index (κ2) is 10.7. The van der Waals surface area contributed by atoms with Crippen LogP contribution in [0.15, 0.2) is 34.2 Å². The number of fused-ring (bicyclic) bond motifs is 1. The molecule has 7 nitrogen and oxygen atoms in total. The second-order valence-corrected chi connectivity index (χ2v) is 10.0. The maximum Gasteiger partial charge on any atom is 0.273 e. The van der Waals surface area contributed by atoms with Crippen molar-refractivity contribution in [1.82, 2.24) is 19.9 Å². The molecule has 1 aliphatic heterocycles. The summed E-state index contributed by atoms with van der Waals surface area (Å²) in [7, 11) is 0. The van der Waals surface area contributed by atoms with Gasteiger partial charge in [0.2, 0.25) is 5.91 Å². The maximum atomic E-state index is 13.2. The van der Waals surface area contributed by atoms with E-state index in [0.29, 0.717) is 33.6 Å². The molecule has 10 heteroatoms. The number of thioether (sulfide) groups is 1. The van der Waals surface area contributed by atoms with Crippen LogP contribution in [0.3, 0.4) is 0 Å². The fourth-order valence-corrected chi connectivity index (χ4v) is 5.70. The highest BCUT2D eigenvalue weighted by atomic mass is 35.5. The highest BCUT2D eigenvalue weighted by molar-refractivity contribution is 7.99. The first-order valence-corrected chi connectivity index (χ1v) is 13.0. The molecular weight excluding hydrogens is 466 g/mol. The minimum Gasteiger partial charge on any atom is -0.351 e. The van der Waals surface area contributed by atoms with Crippen LogP contribution in [0.5, 0.6) is 0 Å². The van der Waals surface area contributed by atoms with Gasteiger partial charge in [-0.15, -0.1) is 0 Å². The van der Waals surface area contributed by atoms with E-state index in [-0.39, 0.29) is 17.2 Å². The normalized spacial score (nSPS) is 14.1. The molecule has 0 radical (unpaired) electrons. The number of piperidine rings is 1. The number of benzene rings is 1. The summed E-state index contributed by atoms with van der Waals surface area (Å²) in [5, 5.41) is 4.91. The van der Waals surface area contributed by atoms with Crippen molar-refractivity contribution >= 4 is 56.1 Å². The Hall–Kier alpha value is -2.10. The van der Waals surface area contributed by atoms with E-state index in [1.54, 1.807) is 10.6 Å². The molecular formula is C22H26ClN5O2S2. The molecule has 1 fully saturated rings. The number of carbonyl (C=O) groups is 1. The molecule has 0 bridgehead atoms. The monoisotopic (exact) mass is 491 g/mol. The van der Waals surface area contributed by atoms with Gasteiger partial charge in [-0.1, -0.05) is 59.8 Å². The molecule has 4 rings (SSSR count). The zero-order valence-corrected chi connectivity index (χ0v) is 20.4. The number of aromatic nitrogens is 3. The lowest BCUT2D eigenvalue weighted by Crippen LogP contribution is -2.29. The fraction of sp³-hybridized carbons (Fsp3) is 0.455. The van der Waals surface area contributed by atoms with Gasteiger partial charge >= 0.3 is 0 Å². The van der Waals surface area contributed by atoms with Gasteiger partial charge in [0.25, 0.3) is 5.56 Å². The Morgan fingerprint density at radius 1 is 1.22 bits per heavy atom. The zero-order chi connectivity index (χ0) is 22.5. The largest absolute Gasteiger partial charge is 0.351 e. The van der Waals surface area contributed by atoms with Crippen LogP contribution in [0.4, 0.5) is 5.13 Å². The summed E-state index contributed by atoms with van der Waals surface area (Å²) in [6, 6.07) is 7.42. The van der Waals surface area contributed by atoms with Crippen LogP contribution in [0.25, 0.3) is 10.3 Å². The van der Waals surface area contributed by atoms with Gasteiger partial charge in [-0.2, -0.15) is 4.98 Å². The lowest BCUT2D eigenvalue weighted by molar-refractivity contribution is -0.118. The van der Waals surface area contributed by atoms with Crippen molar-refractivity contribution < 1.29 is 4.79 Å². The number of halogens is 1. The third-order valence-electron chi connectivity index (χ3n) is 5.31. The molecule has 32 heavy (non-hydrogen) atoms. The molecule has 0 saturated carbocycles. The Balaban J connectivity index is 1.50. The standard InChI is InChI=1S/C22H26ClN5O2S2/c1-2-10-28-20(30)18-19(25-21(32-18)27-11-6-3-7-12-27)26-22(28)31-14-17(29)24-13-15-8-4-5-9-16(15)23/h4-5,8-9H,2-3,6-7,10-14H2,1H3,(H,24,29). The number of carbonyl (C=O) groups excluding carboxylic acids is 1. The van der Waals surface area contributed by atoms with E-state index in [1.807, 2.05) is 25.1 Å². The third-order valence-corrected chi connectivity index (χ3v) is 7.75. The van der Waals surface area contributed by atoms with Gasteiger partial charge in [0.1, 0.15) is 4.70 Å². The summed E-state index contributed by atoms with van der Waals surface area (Å²) >= 11 is 8.85. The first-order chi connectivity index (χ1) is 15.6. The predicted octanol–water partition coefficient (Wildman–Crippen LogP) is 4.32. The SMILES string of the molecule is CCCn1c(SCC(=O)NCc2ccccc2Cl)nc2nc(N3CCCCC3)sc2c1=O. The van der Waals surface area contributed by atoms with Crippen LogP contribution < -0.4 is 15.8 Å². The molecule has 1 aliphatic rings. The molecule has 0 spiro atoms. The van der Waals surface area contributed by atoms with Crippen LogP contribution in [0.1, 0.15) is 38.2 Å². The van der Waals surface area contributed by atoms with Gasteiger partial charge in [-0.3, -0.25) is 14.2 Å². The lowest BCUT2D eigenvalue weighted by Gasteiger charge is -2.25. The van der Waals surface area contributed by atoms with Gasteiger partial charge in [0.15, 0.2) is 15.9 Å². The summed E-state index contributed by atoms with van der Waals surface area (Å²) in [6.45, 7) is 4.88. The van der Waals surface area contributed by atoms with Gasteiger partial charge in [-0.25, -0.2) is 4.98 Å². The molecule has 2 aromatic heterocycles. The smallest absolute Gasteiger partial charge is 0.273 e. The highest BCUT2D eigenvalue weighted by Gasteiger charge is 2.20. The molecule has 1 saturated heterocycles. The first-order valence-electron chi connectivity index (χ1n) is 10.9. The summed E-state index contributed by atoms with van der Waals surface area (Å²) < 4.78 is 2.26. The molecule has 3 heterocycles. The molecule has 170 valence electrons. The van der Waals surface area contributed by atoms with Crippen molar-refractivity contribution in [3.05, 3.63) is 45.2 Å². The number of hydrogen-bond acceptors (Lipinski definition) is 7. The minimum atomic E-state index is -0.139. The lowest BCUT2D eigenvalue weighted by atomic mass is 10.1. The molecule has 0 aliphatic carbocycles. The van der Waals surface area contributed by atoms with E-state index in [0.717, 1.165) is 43.0 Å². The number of anilines is 1. The Labute approximate surface area is 200 Å². The number of hydrogen-bond donors (Lipinski definition) is 1. The minimum absolute atomic E-state index is 0.0726. The Bertz CT molecular complexity index is 1160. The Kier molecular flexibility index (Phi) is 7.70. The van der Waals surface area contributed by atoms with Crippen molar-refractivity contribution in [2.24, 2.45) is 0 Å². The van der Waals surface area contributed by atoms with Gasteiger partial charge < -0.3 is 10.2 Å².